The number of nitrogens with zero attached hydrogens (tertiary/aromatic N) is 2. The Morgan fingerprint density at radius 1 is 1.04 bits per heavy atom. The average Bonchev–Trinajstić information content (AvgIpc) is 3.10. The van der Waals surface area contributed by atoms with Gasteiger partial charge in [0.05, 0.1) is 13.7 Å². The lowest BCUT2D eigenvalue weighted by molar-refractivity contribution is 0.0914. The summed E-state index contributed by atoms with van der Waals surface area (Å²) in [6.07, 6.45) is 3.25. The summed E-state index contributed by atoms with van der Waals surface area (Å²) in [6.45, 7) is 3.58. The molecule has 2 saturated heterocycles. The van der Waals surface area contributed by atoms with Gasteiger partial charge in [0, 0.05) is 12.2 Å². The molecule has 5 nitrogen and oxygen atoms in total. The van der Waals surface area contributed by atoms with Crippen LogP contribution in [0.15, 0.2) is 54.6 Å². The molecule has 0 aliphatic carbocycles. The summed E-state index contributed by atoms with van der Waals surface area (Å²) in [5.41, 5.74) is 2.29. The lowest BCUT2D eigenvalue weighted by Crippen LogP contribution is -2.40. The second-order valence-corrected chi connectivity index (χ2v) is 7.75. The molecule has 2 heterocycles. The van der Waals surface area contributed by atoms with Crippen LogP contribution >= 0.6 is 0 Å². The zero-order valence-electron chi connectivity index (χ0n) is 16.4. The van der Waals surface area contributed by atoms with Crippen molar-refractivity contribution in [2.45, 2.75) is 25.4 Å². The number of piperidine rings is 1. The number of ether oxygens (including phenoxy) is 2. The van der Waals surface area contributed by atoms with Crippen molar-refractivity contribution in [3.05, 3.63) is 60.2 Å². The van der Waals surface area contributed by atoms with Gasteiger partial charge in [0.15, 0.2) is 0 Å². The summed E-state index contributed by atoms with van der Waals surface area (Å²) >= 11 is 0. The minimum Gasteiger partial charge on any atom is -0.497 e. The molecule has 4 rings (SSSR count). The second kappa shape index (κ2) is 8.65. The Hall–Kier alpha value is -2.53. The molecule has 2 aromatic carbocycles. The van der Waals surface area contributed by atoms with E-state index in [-0.39, 0.29) is 12.2 Å². The molecule has 0 aromatic heterocycles. The molecule has 5 heteroatoms. The fourth-order valence-corrected chi connectivity index (χ4v) is 4.20. The molecule has 1 amide bonds. The molecule has 2 aliphatic rings. The molecular weight excluding hydrogens is 352 g/mol. The second-order valence-electron chi connectivity index (χ2n) is 7.75. The van der Waals surface area contributed by atoms with Crippen molar-refractivity contribution >= 4 is 11.8 Å². The molecular formula is C23H28N2O3. The van der Waals surface area contributed by atoms with E-state index in [9.17, 15) is 4.79 Å². The largest absolute Gasteiger partial charge is 0.497 e. The zero-order chi connectivity index (χ0) is 19.3. The zero-order valence-corrected chi connectivity index (χ0v) is 16.4. The quantitative estimate of drug-likeness (QED) is 0.760. The third kappa shape index (κ3) is 4.47. The van der Waals surface area contributed by atoms with Crippen molar-refractivity contribution in [1.29, 1.82) is 0 Å². The highest BCUT2D eigenvalue weighted by atomic mass is 16.6. The molecule has 2 fully saturated rings. The molecule has 2 aromatic rings. The first kappa shape index (κ1) is 18.8. The number of hydrogen-bond acceptors (Lipinski definition) is 4. The lowest BCUT2D eigenvalue weighted by atomic mass is 9.90. The third-order valence-electron chi connectivity index (χ3n) is 5.79. The van der Waals surface area contributed by atoms with Gasteiger partial charge < -0.3 is 9.47 Å². The van der Waals surface area contributed by atoms with Crippen LogP contribution in [0.4, 0.5) is 10.5 Å². The van der Waals surface area contributed by atoms with Crippen LogP contribution in [0.5, 0.6) is 5.75 Å². The van der Waals surface area contributed by atoms with Crippen LogP contribution in [-0.4, -0.2) is 50.4 Å². The topological polar surface area (TPSA) is 42.0 Å². The normalized spacial score (nSPS) is 21.0. The minimum atomic E-state index is -0.255. The van der Waals surface area contributed by atoms with Gasteiger partial charge in [-0.1, -0.05) is 30.3 Å². The summed E-state index contributed by atoms with van der Waals surface area (Å²) in [6, 6.07) is 18.3. The summed E-state index contributed by atoms with van der Waals surface area (Å²) in [5.74, 6) is 1.53. The smallest absolute Gasteiger partial charge is 0.414 e. The summed E-state index contributed by atoms with van der Waals surface area (Å²) in [5, 5.41) is 0. The van der Waals surface area contributed by atoms with Crippen LogP contribution in [0.1, 0.15) is 18.4 Å². The Labute approximate surface area is 166 Å². The lowest BCUT2D eigenvalue weighted by Gasteiger charge is -2.33. The number of carbonyl (C=O) groups excluding carboxylic acids is 1. The number of amides is 1. The first-order chi connectivity index (χ1) is 13.7. The number of likely N-dealkylation sites (tertiary alicyclic amines) is 1. The molecule has 0 spiro atoms. The van der Waals surface area contributed by atoms with Gasteiger partial charge in [-0.15, -0.1) is 0 Å². The van der Waals surface area contributed by atoms with Crippen LogP contribution in [-0.2, 0) is 11.2 Å². The van der Waals surface area contributed by atoms with Gasteiger partial charge in [-0.25, -0.2) is 4.79 Å². The molecule has 148 valence electrons. The molecule has 0 bridgehead atoms. The van der Waals surface area contributed by atoms with E-state index in [0.29, 0.717) is 6.54 Å². The number of benzene rings is 2. The van der Waals surface area contributed by atoms with Crippen molar-refractivity contribution in [2.24, 2.45) is 5.92 Å². The fourth-order valence-electron chi connectivity index (χ4n) is 4.20. The molecule has 0 N–H and O–H groups in total. The van der Waals surface area contributed by atoms with E-state index in [4.69, 9.17) is 9.47 Å². The maximum atomic E-state index is 12.3. The standard InChI is InChI=1S/C23H28N2O3/c1-27-21-9-7-20(8-10-21)25-17-22(28-23(25)26)16-24-13-11-19(12-14-24)15-18-5-3-2-4-6-18/h2-10,19,22H,11-17H2,1H3. The number of carbonyl (C=O) groups is 1. The van der Waals surface area contributed by atoms with Crippen molar-refractivity contribution < 1.29 is 14.3 Å². The van der Waals surface area contributed by atoms with Crippen molar-refractivity contribution in [3.63, 3.8) is 0 Å². The van der Waals surface area contributed by atoms with E-state index >= 15 is 0 Å². The van der Waals surface area contributed by atoms with E-state index in [0.717, 1.165) is 37.0 Å². The highest BCUT2D eigenvalue weighted by molar-refractivity contribution is 5.89. The van der Waals surface area contributed by atoms with Gasteiger partial charge >= 0.3 is 6.09 Å². The highest BCUT2D eigenvalue weighted by Crippen LogP contribution is 2.26. The minimum absolute atomic E-state index is 0.0692. The van der Waals surface area contributed by atoms with E-state index in [1.807, 2.05) is 24.3 Å². The molecule has 28 heavy (non-hydrogen) atoms. The Kier molecular flexibility index (Phi) is 5.81. The molecule has 0 radical (unpaired) electrons. The van der Waals surface area contributed by atoms with Gasteiger partial charge in [-0.05, 0) is 68.1 Å². The summed E-state index contributed by atoms with van der Waals surface area (Å²) in [7, 11) is 1.64. The monoisotopic (exact) mass is 380 g/mol. The average molecular weight is 380 g/mol. The van der Waals surface area contributed by atoms with E-state index in [2.05, 4.69) is 35.2 Å². The molecule has 0 saturated carbocycles. The SMILES string of the molecule is COc1ccc(N2CC(CN3CCC(Cc4ccccc4)CC3)OC2=O)cc1. The molecule has 1 unspecified atom stereocenters. The Morgan fingerprint density at radius 2 is 1.75 bits per heavy atom. The van der Waals surface area contributed by atoms with Crippen LogP contribution in [0, 0.1) is 5.92 Å². The highest BCUT2D eigenvalue weighted by Gasteiger charge is 2.34. The van der Waals surface area contributed by atoms with Crippen molar-refractivity contribution in [2.75, 3.05) is 38.2 Å². The maximum absolute atomic E-state index is 12.3. The summed E-state index contributed by atoms with van der Waals surface area (Å²) < 4.78 is 10.8. The summed E-state index contributed by atoms with van der Waals surface area (Å²) in [4.78, 5) is 16.4. The van der Waals surface area contributed by atoms with E-state index in [1.54, 1.807) is 12.0 Å². The van der Waals surface area contributed by atoms with Crippen LogP contribution in [0.25, 0.3) is 0 Å². The van der Waals surface area contributed by atoms with Gasteiger partial charge in [-0.2, -0.15) is 0 Å². The first-order valence-electron chi connectivity index (χ1n) is 10.1. The molecule has 2 aliphatic heterocycles. The predicted octanol–water partition coefficient (Wildman–Crippen LogP) is 3.98. The van der Waals surface area contributed by atoms with Gasteiger partial charge in [0.2, 0.25) is 0 Å². The van der Waals surface area contributed by atoms with Gasteiger partial charge in [0.1, 0.15) is 11.9 Å². The number of hydrogen-bond donors (Lipinski definition) is 0. The number of cyclic esters (lactones) is 1. The predicted molar refractivity (Wildman–Crippen MR) is 110 cm³/mol. The van der Waals surface area contributed by atoms with Gasteiger partial charge in [0.25, 0.3) is 0 Å². The maximum Gasteiger partial charge on any atom is 0.414 e. The van der Waals surface area contributed by atoms with Crippen LogP contribution in [0.2, 0.25) is 0 Å². The number of rotatable bonds is 6. The number of methoxy groups -OCH3 is 1. The number of anilines is 1. The van der Waals surface area contributed by atoms with Gasteiger partial charge in [-0.3, -0.25) is 9.80 Å². The van der Waals surface area contributed by atoms with Crippen molar-refractivity contribution in [1.82, 2.24) is 4.90 Å². The molecule has 1 atom stereocenters. The van der Waals surface area contributed by atoms with Crippen LogP contribution in [0.3, 0.4) is 0 Å². The fraction of sp³-hybridized carbons (Fsp3) is 0.435. The van der Waals surface area contributed by atoms with E-state index < -0.39 is 0 Å². The van der Waals surface area contributed by atoms with E-state index in [1.165, 1.54) is 24.8 Å². The third-order valence-corrected chi connectivity index (χ3v) is 5.79. The van der Waals surface area contributed by atoms with Crippen LogP contribution < -0.4 is 9.64 Å². The Morgan fingerprint density at radius 3 is 2.43 bits per heavy atom. The Balaban J connectivity index is 1.26. The Bertz CT molecular complexity index is 770. The first-order valence-corrected chi connectivity index (χ1v) is 10.1. The van der Waals surface area contributed by atoms with Crippen molar-refractivity contribution in [3.8, 4) is 5.75 Å².